The number of aryl methyl sites for hydroxylation is 2. The highest BCUT2D eigenvalue weighted by Gasteiger charge is 2.17. The minimum atomic E-state index is 0.617. The monoisotopic (exact) mass is 319 g/mol. The van der Waals surface area contributed by atoms with E-state index in [1.54, 1.807) is 0 Å². The SMILES string of the molecule is c1ccc2c(CCc3ccncc3)c(NC3CCCCC3)[nH]c2c1. The number of hydrogen-bond acceptors (Lipinski definition) is 2. The molecule has 1 aromatic carbocycles. The van der Waals surface area contributed by atoms with Crippen LogP contribution in [-0.2, 0) is 12.8 Å². The summed E-state index contributed by atoms with van der Waals surface area (Å²) < 4.78 is 0. The summed E-state index contributed by atoms with van der Waals surface area (Å²) in [4.78, 5) is 7.74. The molecule has 2 aromatic heterocycles. The third-order valence-corrected chi connectivity index (χ3v) is 5.18. The minimum absolute atomic E-state index is 0.617. The summed E-state index contributed by atoms with van der Waals surface area (Å²) in [6.45, 7) is 0. The minimum Gasteiger partial charge on any atom is -0.369 e. The number of aromatic amines is 1. The van der Waals surface area contributed by atoms with Crippen LogP contribution in [0.3, 0.4) is 0 Å². The Kier molecular flexibility index (Phi) is 4.50. The second-order valence-corrected chi connectivity index (χ2v) is 6.86. The molecular weight excluding hydrogens is 294 g/mol. The van der Waals surface area contributed by atoms with E-state index in [-0.39, 0.29) is 0 Å². The Labute approximate surface area is 143 Å². The number of benzene rings is 1. The predicted molar refractivity (Wildman–Crippen MR) is 100 cm³/mol. The van der Waals surface area contributed by atoms with E-state index in [1.165, 1.54) is 60.0 Å². The number of aromatic nitrogens is 2. The Hall–Kier alpha value is -2.29. The van der Waals surface area contributed by atoms with E-state index in [1.807, 2.05) is 12.4 Å². The van der Waals surface area contributed by atoms with Crippen LogP contribution in [0.5, 0.6) is 0 Å². The first kappa shape index (κ1) is 15.3. The molecule has 3 heteroatoms. The van der Waals surface area contributed by atoms with Crippen molar-refractivity contribution in [2.45, 2.75) is 51.0 Å². The number of nitrogens with zero attached hydrogens (tertiary/aromatic N) is 1. The van der Waals surface area contributed by atoms with Crippen LogP contribution >= 0.6 is 0 Å². The lowest BCUT2D eigenvalue weighted by atomic mass is 9.95. The van der Waals surface area contributed by atoms with E-state index >= 15 is 0 Å². The molecule has 0 aliphatic heterocycles. The summed E-state index contributed by atoms with van der Waals surface area (Å²) in [7, 11) is 0. The first-order valence-corrected chi connectivity index (χ1v) is 9.15. The molecule has 24 heavy (non-hydrogen) atoms. The van der Waals surface area contributed by atoms with Crippen LogP contribution in [0.2, 0.25) is 0 Å². The zero-order valence-electron chi connectivity index (χ0n) is 14.1. The number of para-hydroxylation sites is 1. The topological polar surface area (TPSA) is 40.7 Å². The summed E-state index contributed by atoms with van der Waals surface area (Å²) in [5.74, 6) is 1.23. The van der Waals surface area contributed by atoms with Crippen molar-refractivity contribution in [3.05, 3.63) is 59.9 Å². The van der Waals surface area contributed by atoms with Crippen LogP contribution in [0.1, 0.15) is 43.2 Å². The lowest BCUT2D eigenvalue weighted by molar-refractivity contribution is 0.462. The molecule has 0 saturated heterocycles. The predicted octanol–water partition coefficient (Wildman–Crippen LogP) is 5.09. The highest BCUT2D eigenvalue weighted by atomic mass is 15.0. The maximum Gasteiger partial charge on any atom is 0.107 e. The first-order chi connectivity index (χ1) is 11.9. The van der Waals surface area contributed by atoms with E-state index in [0.29, 0.717) is 6.04 Å². The van der Waals surface area contributed by atoms with Gasteiger partial charge in [0.05, 0.1) is 0 Å². The normalized spacial score (nSPS) is 15.7. The highest BCUT2D eigenvalue weighted by molar-refractivity contribution is 5.88. The van der Waals surface area contributed by atoms with Crippen molar-refractivity contribution >= 4 is 16.7 Å². The van der Waals surface area contributed by atoms with E-state index in [0.717, 1.165) is 12.8 Å². The fourth-order valence-corrected chi connectivity index (χ4v) is 3.85. The molecule has 0 atom stereocenters. The average molecular weight is 319 g/mol. The lowest BCUT2D eigenvalue weighted by Gasteiger charge is -2.24. The standard InChI is InChI=1S/C21H25N3/c1-2-6-17(7-3-1)23-21-19(11-10-16-12-14-22-15-13-16)18-8-4-5-9-20(18)24-21/h4-5,8-9,12-15,17,23-24H,1-3,6-7,10-11H2. The van der Waals surface area contributed by atoms with Gasteiger partial charge >= 0.3 is 0 Å². The lowest BCUT2D eigenvalue weighted by Crippen LogP contribution is -2.23. The van der Waals surface area contributed by atoms with Gasteiger partial charge in [0.2, 0.25) is 0 Å². The van der Waals surface area contributed by atoms with Gasteiger partial charge in [0.15, 0.2) is 0 Å². The molecule has 2 N–H and O–H groups in total. The Bertz CT molecular complexity index is 785. The summed E-state index contributed by atoms with van der Waals surface area (Å²) in [5, 5.41) is 5.16. The number of hydrogen-bond donors (Lipinski definition) is 2. The maximum absolute atomic E-state index is 4.12. The van der Waals surface area contributed by atoms with Crippen LogP contribution in [0.15, 0.2) is 48.8 Å². The number of H-pyrrole nitrogens is 1. The number of fused-ring (bicyclic) bond motifs is 1. The van der Waals surface area contributed by atoms with Crippen LogP contribution in [0, 0.1) is 0 Å². The fourth-order valence-electron chi connectivity index (χ4n) is 3.85. The molecule has 3 aromatic rings. The number of pyridine rings is 1. The van der Waals surface area contributed by atoms with Crippen LogP contribution in [0.25, 0.3) is 10.9 Å². The largest absolute Gasteiger partial charge is 0.369 e. The number of rotatable bonds is 5. The van der Waals surface area contributed by atoms with Crippen molar-refractivity contribution in [3.63, 3.8) is 0 Å². The second-order valence-electron chi connectivity index (χ2n) is 6.86. The molecule has 0 unspecified atom stereocenters. The smallest absolute Gasteiger partial charge is 0.107 e. The van der Waals surface area contributed by atoms with Gasteiger partial charge in [0, 0.05) is 34.9 Å². The maximum atomic E-state index is 4.12. The third kappa shape index (κ3) is 3.30. The Morgan fingerprint density at radius 2 is 1.75 bits per heavy atom. The molecule has 0 spiro atoms. The molecule has 0 amide bonds. The molecule has 2 heterocycles. The second kappa shape index (κ2) is 7.08. The zero-order valence-corrected chi connectivity index (χ0v) is 14.1. The van der Waals surface area contributed by atoms with Crippen molar-refractivity contribution < 1.29 is 0 Å². The Morgan fingerprint density at radius 1 is 0.958 bits per heavy atom. The van der Waals surface area contributed by atoms with Gasteiger partial charge in [-0.1, -0.05) is 37.5 Å². The first-order valence-electron chi connectivity index (χ1n) is 9.15. The molecule has 1 aliphatic rings. The molecule has 0 radical (unpaired) electrons. The molecule has 3 nitrogen and oxygen atoms in total. The van der Waals surface area contributed by atoms with Crippen LogP contribution in [-0.4, -0.2) is 16.0 Å². The van der Waals surface area contributed by atoms with Crippen molar-refractivity contribution in [3.8, 4) is 0 Å². The van der Waals surface area contributed by atoms with Gasteiger partial charge in [-0.3, -0.25) is 4.98 Å². The van der Waals surface area contributed by atoms with Gasteiger partial charge in [-0.2, -0.15) is 0 Å². The quantitative estimate of drug-likeness (QED) is 0.687. The van der Waals surface area contributed by atoms with Crippen LogP contribution < -0.4 is 5.32 Å². The van der Waals surface area contributed by atoms with E-state index in [2.05, 4.69) is 51.7 Å². The molecule has 1 saturated carbocycles. The number of anilines is 1. The van der Waals surface area contributed by atoms with Gasteiger partial charge in [-0.25, -0.2) is 0 Å². The molecule has 1 fully saturated rings. The molecule has 124 valence electrons. The van der Waals surface area contributed by atoms with Crippen molar-refractivity contribution in [2.24, 2.45) is 0 Å². The Balaban J connectivity index is 1.59. The average Bonchev–Trinajstić information content (AvgIpc) is 2.99. The van der Waals surface area contributed by atoms with Crippen molar-refractivity contribution in [2.75, 3.05) is 5.32 Å². The van der Waals surface area contributed by atoms with Gasteiger partial charge in [-0.15, -0.1) is 0 Å². The summed E-state index contributed by atoms with van der Waals surface area (Å²) in [6, 6.07) is 13.5. The van der Waals surface area contributed by atoms with E-state index in [4.69, 9.17) is 0 Å². The highest BCUT2D eigenvalue weighted by Crippen LogP contribution is 2.30. The van der Waals surface area contributed by atoms with E-state index in [9.17, 15) is 0 Å². The van der Waals surface area contributed by atoms with Gasteiger partial charge in [0.1, 0.15) is 5.82 Å². The number of nitrogens with one attached hydrogen (secondary N) is 2. The zero-order chi connectivity index (χ0) is 16.2. The van der Waals surface area contributed by atoms with Gasteiger partial charge in [-0.05, 0) is 49.4 Å². The van der Waals surface area contributed by atoms with Crippen molar-refractivity contribution in [1.82, 2.24) is 9.97 Å². The van der Waals surface area contributed by atoms with Crippen molar-refractivity contribution in [1.29, 1.82) is 0 Å². The third-order valence-electron chi connectivity index (χ3n) is 5.18. The molecule has 1 aliphatic carbocycles. The van der Waals surface area contributed by atoms with Crippen LogP contribution in [0.4, 0.5) is 5.82 Å². The fraction of sp³-hybridized carbons (Fsp3) is 0.381. The summed E-state index contributed by atoms with van der Waals surface area (Å²) in [6.07, 6.45) is 12.5. The summed E-state index contributed by atoms with van der Waals surface area (Å²) >= 11 is 0. The summed E-state index contributed by atoms with van der Waals surface area (Å²) in [5.41, 5.74) is 4.01. The van der Waals surface area contributed by atoms with Gasteiger partial charge < -0.3 is 10.3 Å². The molecule has 4 rings (SSSR count). The van der Waals surface area contributed by atoms with Gasteiger partial charge in [0.25, 0.3) is 0 Å². The Morgan fingerprint density at radius 3 is 2.58 bits per heavy atom. The van der Waals surface area contributed by atoms with E-state index < -0.39 is 0 Å². The molecular formula is C21H25N3. The molecule has 0 bridgehead atoms.